The molecule has 0 spiro atoms. The smallest absolute Gasteiger partial charge is 0.220 e. The van der Waals surface area contributed by atoms with Crippen LogP contribution in [0, 0.1) is 13.8 Å². The van der Waals surface area contributed by atoms with E-state index in [-0.39, 0.29) is 11.5 Å². The first-order chi connectivity index (χ1) is 11.5. The molecule has 0 radical (unpaired) electrons. The van der Waals surface area contributed by atoms with Crippen molar-refractivity contribution in [3.63, 3.8) is 0 Å². The van der Waals surface area contributed by atoms with Crippen LogP contribution in [0.15, 0.2) is 28.8 Å². The second-order valence-corrected chi connectivity index (χ2v) is 6.59. The number of fused-ring (bicyclic) bond motifs is 1. The fraction of sp³-hybridized carbons (Fsp3) is 0.474. The molecule has 1 aromatic carbocycles. The predicted molar refractivity (Wildman–Crippen MR) is 90.9 cm³/mol. The van der Waals surface area contributed by atoms with Gasteiger partial charge in [0.25, 0.3) is 0 Å². The van der Waals surface area contributed by atoms with Gasteiger partial charge in [-0.2, -0.15) is 0 Å². The van der Waals surface area contributed by atoms with E-state index in [1.54, 1.807) is 7.11 Å². The number of amides is 1. The SMILES string of the molecule is COC1(CNC(=O)CCc2c(C)noc2C)Cc2ccccc2C1. The van der Waals surface area contributed by atoms with Gasteiger partial charge in [-0.25, -0.2) is 0 Å². The van der Waals surface area contributed by atoms with Crippen molar-refractivity contribution in [3.8, 4) is 0 Å². The van der Waals surface area contributed by atoms with Crippen LogP contribution in [-0.4, -0.2) is 30.3 Å². The van der Waals surface area contributed by atoms with E-state index < -0.39 is 0 Å². The number of nitrogens with zero attached hydrogens (tertiary/aromatic N) is 1. The summed E-state index contributed by atoms with van der Waals surface area (Å²) in [7, 11) is 1.72. The van der Waals surface area contributed by atoms with E-state index in [1.807, 2.05) is 26.0 Å². The van der Waals surface area contributed by atoms with Crippen molar-refractivity contribution in [2.24, 2.45) is 0 Å². The highest BCUT2D eigenvalue weighted by molar-refractivity contribution is 5.76. The molecule has 0 fully saturated rings. The highest BCUT2D eigenvalue weighted by Crippen LogP contribution is 2.32. The average molecular weight is 328 g/mol. The first-order valence-corrected chi connectivity index (χ1v) is 8.33. The van der Waals surface area contributed by atoms with E-state index in [0.717, 1.165) is 29.9 Å². The Morgan fingerprint density at radius 3 is 2.50 bits per heavy atom. The molecule has 0 unspecified atom stereocenters. The fourth-order valence-electron chi connectivity index (χ4n) is 3.45. The zero-order chi connectivity index (χ0) is 17.2. The van der Waals surface area contributed by atoms with E-state index in [1.165, 1.54) is 11.1 Å². The third-order valence-corrected chi connectivity index (χ3v) is 4.97. The molecule has 24 heavy (non-hydrogen) atoms. The van der Waals surface area contributed by atoms with Gasteiger partial charge in [0.1, 0.15) is 5.76 Å². The molecule has 1 N–H and O–H groups in total. The summed E-state index contributed by atoms with van der Waals surface area (Å²) in [5.41, 5.74) is 4.18. The van der Waals surface area contributed by atoms with Crippen LogP contribution in [0.2, 0.25) is 0 Å². The Labute approximate surface area is 142 Å². The number of carbonyl (C=O) groups is 1. The third kappa shape index (κ3) is 3.36. The lowest BCUT2D eigenvalue weighted by atomic mass is 10.00. The first-order valence-electron chi connectivity index (χ1n) is 8.33. The maximum Gasteiger partial charge on any atom is 0.220 e. The number of hydrogen-bond donors (Lipinski definition) is 1. The van der Waals surface area contributed by atoms with Crippen LogP contribution in [0.25, 0.3) is 0 Å². The Bertz CT molecular complexity index is 691. The van der Waals surface area contributed by atoms with Crippen molar-refractivity contribution in [1.29, 1.82) is 0 Å². The second-order valence-electron chi connectivity index (χ2n) is 6.59. The summed E-state index contributed by atoms with van der Waals surface area (Å²) in [6.45, 7) is 4.31. The van der Waals surface area contributed by atoms with Gasteiger partial charge in [0, 0.05) is 38.5 Å². The minimum atomic E-state index is -0.331. The maximum atomic E-state index is 12.2. The van der Waals surface area contributed by atoms with Gasteiger partial charge >= 0.3 is 0 Å². The molecule has 3 rings (SSSR count). The molecule has 0 atom stereocenters. The Kier molecular flexibility index (Phi) is 4.71. The van der Waals surface area contributed by atoms with Gasteiger partial charge in [-0.3, -0.25) is 4.79 Å². The molecular weight excluding hydrogens is 304 g/mol. The number of nitrogens with one attached hydrogen (secondary N) is 1. The molecule has 5 heteroatoms. The lowest BCUT2D eigenvalue weighted by molar-refractivity contribution is -0.122. The van der Waals surface area contributed by atoms with Crippen LogP contribution in [0.1, 0.15) is 34.6 Å². The molecule has 5 nitrogen and oxygen atoms in total. The number of hydrogen-bond acceptors (Lipinski definition) is 4. The molecule has 1 aromatic heterocycles. The summed E-state index contributed by atoms with van der Waals surface area (Å²) >= 11 is 0. The summed E-state index contributed by atoms with van der Waals surface area (Å²) in [5.74, 6) is 0.822. The predicted octanol–water partition coefficient (Wildman–Crippen LogP) is 2.52. The number of aromatic nitrogens is 1. The summed E-state index contributed by atoms with van der Waals surface area (Å²) in [4.78, 5) is 12.2. The zero-order valence-corrected chi connectivity index (χ0v) is 14.5. The van der Waals surface area contributed by atoms with Gasteiger partial charge in [-0.05, 0) is 31.4 Å². The molecule has 1 amide bonds. The van der Waals surface area contributed by atoms with Crippen molar-refractivity contribution in [3.05, 3.63) is 52.4 Å². The Morgan fingerprint density at radius 2 is 1.96 bits per heavy atom. The molecule has 0 saturated carbocycles. The highest BCUT2D eigenvalue weighted by atomic mass is 16.5. The average Bonchev–Trinajstić information content (AvgIpc) is 3.12. The van der Waals surface area contributed by atoms with Crippen molar-refractivity contribution < 1.29 is 14.1 Å². The fourth-order valence-corrected chi connectivity index (χ4v) is 3.45. The Hall–Kier alpha value is -2.14. The number of benzene rings is 1. The minimum Gasteiger partial charge on any atom is -0.376 e. The summed E-state index contributed by atoms with van der Waals surface area (Å²) in [6, 6.07) is 8.37. The topological polar surface area (TPSA) is 64.4 Å². The number of methoxy groups -OCH3 is 1. The number of aryl methyl sites for hydroxylation is 2. The lowest BCUT2D eigenvalue weighted by Crippen LogP contribution is -2.45. The van der Waals surface area contributed by atoms with Crippen molar-refractivity contribution in [2.75, 3.05) is 13.7 Å². The van der Waals surface area contributed by atoms with E-state index in [0.29, 0.717) is 19.4 Å². The van der Waals surface area contributed by atoms with Gasteiger partial charge in [-0.1, -0.05) is 29.4 Å². The van der Waals surface area contributed by atoms with Gasteiger partial charge in [-0.15, -0.1) is 0 Å². The van der Waals surface area contributed by atoms with E-state index in [2.05, 4.69) is 22.6 Å². The molecule has 0 aliphatic heterocycles. The summed E-state index contributed by atoms with van der Waals surface area (Å²) in [6.07, 6.45) is 2.75. The Morgan fingerprint density at radius 1 is 1.29 bits per heavy atom. The molecular formula is C19H24N2O3. The van der Waals surface area contributed by atoms with Crippen LogP contribution in [0.4, 0.5) is 0 Å². The summed E-state index contributed by atoms with van der Waals surface area (Å²) < 4.78 is 10.9. The van der Waals surface area contributed by atoms with Gasteiger partial charge < -0.3 is 14.6 Å². The van der Waals surface area contributed by atoms with Crippen LogP contribution in [0.5, 0.6) is 0 Å². The molecule has 1 heterocycles. The van der Waals surface area contributed by atoms with Crippen LogP contribution >= 0.6 is 0 Å². The maximum absolute atomic E-state index is 12.2. The lowest BCUT2D eigenvalue weighted by Gasteiger charge is -2.27. The van der Waals surface area contributed by atoms with Crippen LogP contribution < -0.4 is 5.32 Å². The minimum absolute atomic E-state index is 0.0300. The van der Waals surface area contributed by atoms with Gasteiger partial charge in [0.15, 0.2) is 0 Å². The molecule has 0 bridgehead atoms. The molecule has 128 valence electrons. The van der Waals surface area contributed by atoms with Gasteiger partial charge in [0.05, 0.1) is 11.3 Å². The van der Waals surface area contributed by atoms with E-state index in [4.69, 9.17) is 9.26 Å². The number of rotatable bonds is 6. The van der Waals surface area contributed by atoms with Crippen molar-refractivity contribution in [2.45, 2.75) is 45.1 Å². The first kappa shape index (κ1) is 16.7. The van der Waals surface area contributed by atoms with Crippen LogP contribution in [0.3, 0.4) is 0 Å². The quantitative estimate of drug-likeness (QED) is 0.885. The van der Waals surface area contributed by atoms with Crippen molar-refractivity contribution >= 4 is 5.91 Å². The number of carbonyl (C=O) groups excluding carboxylic acids is 1. The van der Waals surface area contributed by atoms with E-state index in [9.17, 15) is 4.79 Å². The van der Waals surface area contributed by atoms with E-state index >= 15 is 0 Å². The number of ether oxygens (including phenoxy) is 1. The molecule has 1 aliphatic rings. The molecule has 0 saturated heterocycles. The summed E-state index contributed by atoms with van der Waals surface area (Å²) in [5, 5.41) is 6.96. The Balaban J connectivity index is 1.54. The molecule has 1 aliphatic carbocycles. The highest BCUT2D eigenvalue weighted by Gasteiger charge is 2.37. The van der Waals surface area contributed by atoms with Crippen LogP contribution in [-0.2, 0) is 28.8 Å². The second kappa shape index (κ2) is 6.77. The third-order valence-electron chi connectivity index (χ3n) is 4.97. The zero-order valence-electron chi connectivity index (χ0n) is 14.5. The monoisotopic (exact) mass is 328 g/mol. The standard InChI is InChI=1S/C19H24N2O3/c1-13-17(14(2)24-21-13)8-9-18(22)20-12-19(23-3)10-15-6-4-5-7-16(15)11-19/h4-7H,8-12H2,1-3H3,(H,20,22). The normalized spacial score (nSPS) is 15.3. The van der Waals surface area contributed by atoms with Gasteiger partial charge in [0.2, 0.25) is 5.91 Å². The molecule has 2 aromatic rings. The van der Waals surface area contributed by atoms with Crippen molar-refractivity contribution in [1.82, 2.24) is 10.5 Å². The largest absolute Gasteiger partial charge is 0.376 e.